The van der Waals surface area contributed by atoms with Crippen LogP contribution in [0.25, 0.3) is 0 Å². The Morgan fingerprint density at radius 3 is 2.17 bits per heavy atom. The van der Waals surface area contributed by atoms with Crippen LogP contribution in [0.2, 0.25) is 0 Å². The number of hydrogen-bond donors (Lipinski definition) is 0. The van der Waals surface area contributed by atoms with Crippen LogP contribution in [-0.4, -0.2) is 25.2 Å². The molecular weight excluding hydrogens is 232 g/mol. The lowest BCUT2D eigenvalue weighted by molar-refractivity contribution is -0.161. The maximum atomic E-state index is 11.6. The van der Waals surface area contributed by atoms with Gasteiger partial charge in [-0.3, -0.25) is 9.59 Å². The Bertz CT molecular complexity index is 285. The van der Waals surface area contributed by atoms with E-state index in [1.807, 2.05) is 6.08 Å². The van der Waals surface area contributed by atoms with Crippen LogP contribution in [0.1, 0.15) is 39.5 Å². The van der Waals surface area contributed by atoms with Gasteiger partial charge in [0.2, 0.25) is 0 Å². The van der Waals surface area contributed by atoms with E-state index in [2.05, 4.69) is 12.3 Å². The lowest BCUT2D eigenvalue weighted by Gasteiger charge is -2.13. The van der Waals surface area contributed by atoms with Crippen LogP contribution in [0.15, 0.2) is 18.4 Å². The fourth-order valence-electron chi connectivity index (χ4n) is 1.51. The number of ether oxygens (including phenoxy) is 2. The molecule has 102 valence electrons. The van der Waals surface area contributed by atoms with Gasteiger partial charge in [0.15, 0.2) is 5.92 Å². The summed E-state index contributed by atoms with van der Waals surface area (Å²) in [6.45, 7) is 7.45. The molecule has 0 aliphatic rings. The highest BCUT2D eigenvalue weighted by Crippen LogP contribution is 2.14. The molecular formula is C14H22O4. The SMILES string of the molecule is C=C=CCCCCC(C(=O)OCC)C(=O)OCC. The maximum Gasteiger partial charge on any atom is 0.320 e. The van der Waals surface area contributed by atoms with E-state index < -0.39 is 17.9 Å². The molecule has 0 spiro atoms. The van der Waals surface area contributed by atoms with Gasteiger partial charge in [0.1, 0.15) is 0 Å². The number of rotatable bonds is 9. The van der Waals surface area contributed by atoms with Crippen LogP contribution in [0, 0.1) is 5.92 Å². The Morgan fingerprint density at radius 1 is 1.17 bits per heavy atom. The summed E-state index contributed by atoms with van der Waals surface area (Å²) in [5.74, 6) is -1.77. The predicted octanol–water partition coefficient (Wildman–Crippen LogP) is 2.63. The Balaban J connectivity index is 4.24. The van der Waals surface area contributed by atoms with Crippen molar-refractivity contribution in [2.45, 2.75) is 39.5 Å². The topological polar surface area (TPSA) is 52.6 Å². The van der Waals surface area contributed by atoms with E-state index in [4.69, 9.17) is 9.47 Å². The monoisotopic (exact) mass is 254 g/mol. The van der Waals surface area contributed by atoms with Crippen molar-refractivity contribution in [1.82, 2.24) is 0 Å². The summed E-state index contributed by atoms with van der Waals surface area (Å²) in [7, 11) is 0. The molecule has 0 fully saturated rings. The van der Waals surface area contributed by atoms with Gasteiger partial charge in [-0.2, -0.15) is 0 Å². The second kappa shape index (κ2) is 10.6. The molecule has 0 rings (SSSR count). The molecule has 0 amide bonds. The van der Waals surface area contributed by atoms with Gasteiger partial charge in [-0.25, -0.2) is 0 Å². The first kappa shape index (κ1) is 16.5. The molecule has 0 bridgehead atoms. The summed E-state index contributed by atoms with van der Waals surface area (Å²) in [4.78, 5) is 23.3. The third-order valence-electron chi connectivity index (χ3n) is 2.38. The first-order valence-electron chi connectivity index (χ1n) is 6.34. The summed E-state index contributed by atoms with van der Waals surface area (Å²) in [6.07, 6.45) is 4.80. The van der Waals surface area contributed by atoms with Crippen molar-refractivity contribution in [2.75, 3.05) is 13.2 Å². The van der Waals surface area contributed by atoms with E-state index in [1.54, 1.807) is 13.8 Å². The quantitative estimate of drug-likeness (QED) is 0.275. The molecule has 0 aromatic rings. The van der Waals surface area contributed by atoms with Gasteiger partial charge >= 0.3 is 11.9 Å². The summed E-state index contributed by atoms with van der Waals surface area (Å²) < 4.78 is 9.76. The van der Waals surface area contributed by atoms with E-state index in [0.29, 0.717) is 6.42 Å². The fraction of sp³-hybridized carbons (Fsp3) is 0.643. The Morgan fingerprint density at radius 2 is 1.72 bits per heavy atom. The number of carbonyl (C=O) groups excluding carboxylic acids is 2. The van der Waals surface area contributed by atoms with Crippen LogP contribution < -0.4 is 0 Å². The van der Waals surface area contributed by atoms with Gasteiger partial charge in [-0.05, 0) is 39.2 Å². The predicted molar refractivity (Wildman–Crippen MR) is 68.9 cm³/mol. The molecule has 18 heavy (non-hydrogen) atoms. The smallest absolute Gasteiger partial charge is 0.320 e. The molecule has 4 nitrogen and oxygen atoms in total. The average molecular weight is 254 g/mol. The largest absolute Gasteiger partial charge is 0.465 e. The average Bonchev–Trinajstić information content (AvgIpc) is 2.34. The molecule has 0 unspecified atom stereocenters. The molecule has 0 aliphatic carbocycles. The van der Waals surface area contributed by atoms with Crippen molar-refractivity contribution in [3.63, 3.8) is 0 Å². The van der Waals surface area contributed by atoms with E-state index in [9.17, 15) is 9.59 Å². The van der Waals surface area contributed by atoms with Crippen LogP contribution >= 0.6 is 0 Å². The molecule has 4 heteroatoms. The number of carbonyl (C=O) groups is 2. The second-order valence-corrected chi connectivity index (χ2v) is 3.75. The van der Waals surface area contributed by atoms with Crippen LogP contribution in [0.5, 0.6) is 0 Å². The van der Waals surface area contributed by atoms with E-state index in [-0.39, 0.29) is 13.2 Å². The van der Waals surface area contributed by atoms with Gasteiger partial charge in [0.05, 0.1) is 13.2 Å². The number of allylic oxidation sites excluding steroid dienone is 1. The highest BCUT2D eigenvalue weighted by molar-refractivity contribution is 5.94. The molecule has 0 atom stereocenters. The van der Waals surface area contributed by atoms with Gasteiger partial charge in [0, 0.05) is 0 Å². The first-order valence-corrected chi connectivity index (χ1v) is 6.34. The van der Waals surface area contributed by atoms with Crippen LogP contribution in [0.3, 0.4) is 0 Å². The van der Waals surface area contributed by atoms with E-state index in [0.717, 1.165) is 19.3 Å². The zero-order valence-corrected chi connectivity index (χ0v) is 11.2. The third-order valence-corrected chi connectivity index (χ3v) is 2.38. The lowest BCUT2D eigenvalue weighted by Crippen LogP contribution is -2.28. The number of hydrogen-bond acceptors (Lipinski definition) is 4. The van der Waals surface area contributed by atoms with Crippen molar-refractivity contribution < 1.29 is 19.1 Å². The second-order valence-electron chi connectivity index (χ2n) is 3.75. The zero-order chi connectivity index (χ0) is 13.8. The molecule has 0 heterocycles. The molecule has 0 aromatic carbocycles. The lowest BCUT2D eigenvalue weighted by atomic mass is 10.0. The summed E-state index contributed by atoms with van der Waals surface area (Å²) in [6, 6.07) is 0. The van der Waals surface area contributed by atoms with Crippen molar-refractivity contribution in [3.8, 4) is 0 Å². The minimum Gasteiger partial charge on any atom is -0.465 e. The molecule has 0 aliphatic heterocycles. The Labute approximate surface area is 109 Å². The fourth-order valence-corrected chi connectivity index (χ4v) is 1.51. The van der Waals surface area contributed by atoms with Crippen LogP contribution in [-0.2, 0) is 19.1 Å². The van der Waals surface area contributed by atoms with Crippen molar-refractivity contribution >= 4 is 11.9 Å². The van der Waals surface area contributed by atoms with Crippen LogP contribution in [0.4, 0.5) is 0 Å². The molecule has 0 saturated carbocycles. The van der Waals surface area contributed by atoms with E-state index in [1.165, 1.54) is 0 Å². The number of esters is 2. The highest BCUT2D eigenvalue weighted by atomic mass is 16.6. The maximum absolute atomic E-state index is 11.6. The van der Waals surface area contributed by atoms with Gasteiger partial charge in [0.25, 0.3) is 0 Å². The summed E-state index contributed by atoms with van der Waals surface area (Å²) >= 11 is 0. The van der Waals surface area contributed by atoms with Crippen molar-refractivity contribution in [1.29, 1.82) is 0 Å². The van der Waals surface area contributed by atoms with Crippen molar-refractivity contribution in [3.05, 3.63) is 18.4 Å². The molecule has 0 saturated heterocycles. The zero-order valence-electron chi connectivity index (χ0n) is 11.2. The molecule has 0 aromatic heterocycles. The standard InChI is InChI=1S/C14H22O4/c1-4-7-8-9-10-11-12(13(15)17-5-2)14(16)18-6-3/h7,12H,1,5-6,8-11H2,2-3H3. The molecule has 0 radical (unpaired) electrons. The minimum atomic E-state index is -0.794. The Hall–Kier alpha value is -1.54. The first-order chi connectivity index (χ1) is 8.67. The summed E-state index contributed by atoms with van der Waals surface area (Å²) in [5, 5.41) is 0. The van der Waals surface area contributed by atoms with Gasteiger partial charge in [-0.1, -0.05) is 13.0 Å². The van der Waals surface area contributed by atoms with Crippen molar-refractivity contribution in [2.24, 2.45) is 5.92 Å². The number of unbranched alkanes of at least 4 members (excludes halogenated alkanes) is 2. The highest BCUT2D eigenvalue weighted by Gasteiger charge is 2.28. The van der Waals surface area contributed by atoms with E-state index >= 15 is 0 Å². The third kappa shape index (κ3) is 6.92. The normalized spacial score (nSPS) is 9.72. The minimum absolute atomic E-state index is 0.272. The van der Waals surface area contributed by atoms with Gasteiger partial charge in [-0.15, -0.1) is 5.73 Å². The van der Waals surface area contributed by atoms with Gasteiger partial charge < -0.3 is 9.47 Å². The summed E-state index contributed by atoms with van der Waals surface area (Å²) in [5.41, 5.74) is 2.68. The Kier molecular flexibility index (Phi) is 9.70. The molecule has 0 N–H and O–H groups in total.